The molecule has 0 aliphatic heterocycles. The minimum Gasteiger partial charge on any atom is -0.344 e. The van der Waals surface area contributed by atoms with Crippen molar-refractivity contribution < 1.29 is 65.4 Å². The fourth-order valence-electron chi connectivity index (χ4n) is 9.70. The van der Waals surface area contributed by atoms with Crippen molar-refractivity contribution in [2.24, 2.45) is 14.1 Å². The van der Waals surface area contributed by atoms with Gasteiger partial charge in [-0.25, -0.2) is 22.3 Å². The second kappa shape index (κ2) is 45.7. The summed E-state index contributed by atoms with van der Waals surface area (Å²) in [6.07, 6.45) is 0. The smallest absolute Gasteiger partial charge is 0.0500 e. The van der Waals surface area contributed by atoms with Crippen molar-refractivity contribution in [3.8, 4) is 44.5 Å². The molecule has 0 amide bonds. The standard InChI is InChI=1S/2C30H29N3.8C2H6.2Y/c1-31(2)21-32(3)20-22-10-9-11-23(18-22)25-12-5-6-13-26(25)24-16-17-28-27-14-7-8-15-29(27)33(4)30(28)19-24;1-31(2)21-32(3)20-23-11-5-6-13-25(23)26-14-8-7-12-24(26)22-17-18-28-27-15-9-10-16-29(27)33(4)30(28)19-22;8*1-2;;/h5-10,13-19H,20-21H2,1-4H3;5-12,15-19H,20-21H2,1-4H3;8*1-2H3;;/q2*-2;;;;;;;;;;. The monoisotopic (exact) mass is 1280 g/mol. The third-order valence-corrected chi connectivity index (χ3v) is 12.4. The molecule has 0 saturated carbocycles. The van der Waals surface area contributed by atoms with Gasteiger partial charge in [0.1, 0.15) is 0 Å². The van der Waals surface area contributed by atoms with E-state index in [2.05, 4.69) is 243 Å². The number of para-hydroxylation sites is 2. The first-order valence-electron chi connectivity index (χ1n) is 30.7. The van der Waals surface area contributed by atoms with Gasteiger partial charge < -0.3 is 9.13 Å². The molecule has 10 aromatic rings. The van der Waals surface area contributed by atoms with Crippen LogP contribution in [0.2, 0.25) is 0 Å². The quantitative estimate of drug-likeness (QED) is 0.0898. The van der Waals surface area contributed by atoms with Gasteiger partial charge in [-0.05, 0) is 73.1 Å². The molecule has 0 saturated heterocycles. The summed E-state index contributed by atoms with van der Waals surface area (Å²) in [4.78, 5) is 8.99. The molecule has 8 aromatic carbocycles. The molecule has 2 radical (unpaired) electrons. The van der Waals surface area contributed by atoms with Crippen molar-refractivity contribution >= 4 is 43.6 Å². The molecule has 0 N–H and O–H groups in total. The topological polar surface area (TPSA) is 22.8 Å². The van der Waals surface area contributed by atoms with E-state index in [9.17, 15) is 0 Å². The summed E-state index contributed by atoms with van der Waals surface area (Å²) in [5.74, 6) is 0. The summed E-state index contributed by atoms with van der Waals surface area (Å²) in [6.45, 7) is 35.6. The van der Waals surface area contributed by atoms with Gasteiger partial charge in [0.15, 0.2) is 0 Å². The minimum absolute atomic E-state index is 0. The first-order chi connectivity index (χ1) is 40.0. The number of rotatable bonds is 12. The zero-order valence-electron chi connectivity index (χ0n) is 56.7. The van der Waals surface area contributed by atoms with Crippen LogP contribution in [0.15, 0.2) is 158 Å². The molecule has 10 rings (SSSR count). The number of aromatic nitrogens is 2. The molecule has 0 unspecified atom stereocenters. The van der Waals surface area contributed by atoms with E-state index in [-0.39, 0.29) is 65.4 Å². The normalized spacial score (nSPS) is 9.86. The number of fused-ring (bicyclic) bond motifs is 6. The predicted molar refractivity (Wildman–Crippen MR) is 369 cm³/mol. The van der Waals surface area contributed by atoms with Crippen LogP contribution in [0.5, 0.6) is 0 Å². The second-order valence-electron chi connectivity index (χ2n) is 18.2. The molecule has 0 bridgehead atoms. The van der Waals surface area contributed by atoms with E-state index in [0.717, 1.165) is 48.7 Å². The Bertz CT molecular complexity index is 3310. The Kier molecular flexibility index (Phi) is 44.3. The van der Waals surface area contributed by atoms with Gasteiger partial charge in [0.25, 0.3) is 0 Å². The number of benzene rings is 8. The van der Waals surface area contributed by atoms with Crippen molar-refractivity contribution in [2.75, 3.05) is 55.6 Å². The SMILES string of the molecule is CC.CC.CC.CC.CC.CC.CC.CC.CN(C)CN(C)Cc1cc[c-]c(-c2[c-]cccc2-c2ccc3c4ccccc4n(C)c3c2)c1.CN(C)CN(C)Cc1ccc[c-]c1-c1[c-]cccc1-c1ccc2c3ccccc3n(C)c2c1.[Y].[Y]. The molecule has 2 heterocycles. The Morgan fingerprint density at radius 2 is 0.726 bits per heavy atom. The first-order valence-corrected chi connectivity index (χ1v) is 30.7. The molecular weight excluding hydrogens is 1170 g/mol. The molecule has 0 spiro atoms. The zero-order valence-corrected chi connectivity index (χ0v) is 62.4. The van der Waals surface area contributed by atoms with Gasteiger partial charge in [-0.1, -0.05) is 183 Å². The van der Waals surface area contributed by atoms with E-state index >= 15 is 0 Å². The molecule has 2 aromatic heterocycles. The maximum absolute atomic E-state index is 3.53. The Balaban J connectivity index is 0. The van der Waals surface area contributed by atoms with Crippen LogP contribution >= 0.6 is 0 Å². The molecule has 84 heavy (non-hydrogen) atoms. The van der Waals surface area contributed by atoms with Crippen molar-refractivity contribution in [3.05, 3.63) is 193 Å². The summed E-state index contributed by atoms with van der Waals surface area (Å²) in [5, 5.41) is 5.17. The third-order valence-electron chi connectivity index (χ3n) is 12.4. The van der Waals surface area contributed by atoms with E-state index in [1.165, 1.54) is 77.0 Å². The van der Waals surface area contributed by atoms with Crippen LogP contribution in [0, 0.1) is 24.3 Å². The van der Waals surface area contributed by atoms with Gasteiger partial charge in [0.05, 0.1) is 6.67 Å². The summed E-state index contributed by atoms with van der Waals surface area (Å²) in [6, 6.07) is 70.0. The number of aryl methyl sites for hydroxylation is 2. The molecule has 8 heteroatoms. The second-order valence-corrected chi connectivity index (χ2v) is 18.2. The fourth-order valence-corrected chi connectivity index (χ4v) is 9.70. The van der Waals surface area contributed by atoms with Crippen LogP contribution < -0.4 is 0 Å². The van der Waals surface area contributed by atoms with Gasteiger partial charge in [0, 0.05) is 136 Å². The fraction of sp³-hybridized carbons (Fsp3) is 0.368. The molecule has 0 aliphatic carbocycles. The Labute approximate surface area is 563 Å². The summed E-state index contributed by atoms with van der Waals surface area (Å²) >= 11 is 0. The van der Waals surface area contributed by atoms with E-state index in [0.29, 0.717) is 0 Å². The maximum Gasteiger partial charge on any atom is 0.0500 e. The van der Waals surface area contributed by atoms with Gasteiger partial charge in [0.2, 0.25) is 0 Å². The minimum atomic E-state index is 0. The first kappa shape index (κ1) is 81.5. The van der Waals surface area contributed by atoms with Crippen LogP contribution in [0.1, 0.15) is 122 Å². The third kappa shape index (κ3) is 22.3. The molecule has 0 atom stereocenters. The maximum atomic E-state index is 3.53. The summed E-state index contributed by atoms with van der Waals surface area (Å²) < 4.78 is 4.57. The van der Waals surface area contributed by atoms with Crippen molar-refractivity contribution in [3.63, 3.8) is 0 Å². The predicted octanol–water partition coefficient (Wildman–Crippen LogP) is 20.6. The summed E-state index contributed by atoms with van der Waals surface area (Å²) in [5.41, 5.74) is 16.7. The largest absolute Gasteiger partial charge is 0.344 e. The molecule has 0 fully saturated rings. The van der Waals surface area contributed by atoms with Gasteiger partial charge in [-0.2, -0.15) is 60.2 Å². The van der Waals surface area contributed by atoms with Crippen LogP contribution in [-0.2, 0) is 92.6 Å². The molecular formula is C76H106N6Y2-4. The molecule has 0 aliphatic rings. The van der Waals surface area contributed by atoms with Crippen LogP contribution in [0.4, 0.5) is 0 Å². The van der Waals surface area contributed by atoms with Crippen molar-refractivity contribution in [1.82, 2.24) is 28.7 Å². The average molecular weight is 1280 g/mol. The average Bonchev–Trinajstić information content (AvgIpc) is 3.06. The van der Waals surface area contributed by atoms with Crippen LogP contribution in [0.3, 0.4) is 0 Å². The molecule has 450 valence electrons. The van der Waals surface area contributed by atoms with Gasteiger partial charge in [-0.3, -0.25) is 19.6 Å². The Morgan fingerprint density at radius 1 is 0.345 bits per heavy atom. The van der Waals surface area contributed by atoms with E-state index in [4.69, 9.17) is 0 Å². The summed E-state index contributed by atoms with van der Waals surface area (Å²) in [7, 11) is 17.0. The van der Waals surface area contributed by atoms with E-state index < -0.39 is 0 Å². The Morgan fingerprint density at radius 3 is 1.18 bits per heavy atom. The van der Waals surface area contributed by atoms with E-state index in [1.807, 2.05) is 135 Å². The van der Waals surface area contributed by atoms with Crippen molar-refractivity contribution in [1.29, 1.82) is 0 Å². The van der Waals surface area contributed by atoms with Gasteiger partial charge in [-0.15, -0.1) is 59.2 Å². The molecule has 6 nitrogen and oxygen atoms in total. The van der Waals surface area contributed by atoms with Crippen LogP contribution in [-0.4, -0.2) is 84.4 Å². The van der Waals surface area contributed by atoms with E-state index in [1.54, 1.807) is 0 Å². The van der Waals surface area contributed by atoms with Crippen LogP contribution in [0.25, 0.3) is 88.1 Å². The Hall–Kier alpha value is -4.59. The number of hydrogen-bond acceptors (Lipinski definition) is 4. The number of nitrogens with zero attached hydrogens (tertiary/aromatic N) is 6. The van der Waals surface area contributed by atoms with Gasteiger partial charge >= 0.3 is 0 Å². The van der Waals surface area contributed by atoms with Crippen molar-refractivity contribution in [2.45, 2.75) is 124 Å². The zero-order chi connectivity index (χ0) is 61.9. The number of hydrogen-bond donors (Lipinski definition) is 0.